The predicted molar refractivity (Wildman–Crippen MR) is 53.8 cm³/mol. The molecule has 2 aliphatic carbocycles. The molecule has 3 heteroatoms. The lowest BCUT2D eigenvalue weighted by atomic mass is 10.0. The minimum atomic E-state index is 0.970. The molecular weight excluding hydrogens is 174 g/mol. The van der Waals surface area contributed by atoms with Crippen LogP contribution < -0.4 is 0 Å². The Balaban J connectivity index is 1.87. The van der Waals surface area contributed by atoms with Gasteiger partial charge in [0.2, 0.25) is 0 Å². The Kier molecular flexibility index (Phi) is 1.70. The van der Waals surface area contributed by atoms with Gasteiger partial charge in [-0.05, 0) is 43.4 Å². The quantitative estimate of drug-likeness (QED) is 0.623. The SMILES string of the molecule is CC1[C@H]2CCc3c(nnn3C)CC[C@@H]12. The molecule has 0 spiro atoms. The second-order valence-electron chi connectivity index (χ2n) is 4.87. The van der Waals surface area contributed by atoms with Gasteiger partial charge in [-0.15, -0.1) is 5.10 Å². The van der Waals surface area contributed by atoms with Crippen LogP contribution in [0.4, 0.5) is 0 Å². The smallest absolute Gasteiger partial charge is 0.0859 e. The normalized spacial score (nSPS) is 35.4. The summed E-state index contributed by atoms with van der Waals surface area (Å²) in [6, 6.07) is 0. The number of fused-ring (bicyclic) bond motifs is 2. The van der Waals surface area contributed by atoms with E-state index in [1.165, 1.54) is 30.7 Å². The number of hydrogen-bond acceptors (Lipinski definition) is 2. The number of rotatable bonds is 0. The Morgan fingerprint density at radius 3 is 2.71 bits per heavy atom. The summed E-state index contributed by atoms with van der Waals surface area (Å²) in [6.45, 7) is 2.40. The van der Waals surface area contributed by atoms with Crippen LogP contribution in [0.25, 0.3) is 0 Å². The Morgan fingerprint density at radius 2 is 1.93 bits per heavy atom. The van der Waals surface area contributed by atoms with Gasteiger partial charge in [0.05, 0.1) is 11.4 Å². The van der Waals surface area contributed by atoms with E-state index < -0.39 is 0 Å². The topological polar surface area (TPSA) is 30.7 Å². The van der Waals surface area contributed by atoms with E-state index in [9.17, 15) is 0 Å². The van der Waals surface area contributed by atoms with E-state index in [-0.39, 0.29) is 0 Å². The summed E-state index contributed by atoms with van der Waals surface area (Å²) in [5.74, 6) is 2.96. The third-order valence-electron chi connectivity index (χ3n) is 4.21. The Hall–Kier alpha value is -0.860. The van der Waals surface area contributed by atoms with Crippen LogP contribution in [0.1, 0.15) is 31.2 Å². The molecule has 0 aliphatic heterocycles. The monoisotopic (exact) mass is 191 g/mol. The van der Waals surface area contributed by atoms with Gasteiger partial charge in [-0.1, -0.05) is 12.1 Å². The lowest BCUT2D eigenvalue weighted by Crippen LogP contribution is -2.04. The van der Waals surface area contributed by atoms with E-state index in [2.05, 4.69) is 17.2 Å². The highest BCUT2D eigenvalue weighted by molar-refractivity contribution is 5.14. The Bertz CT molecular complexity index is 355. The molecule has 3 rings (SSSR count). The van der Waals surface area contributed by atoms with Crippen LogP contribution in [0.15, 0.2) is 0 Å². The molecule has 3 nitrogen and oxygen atoms in total. The van der Waals surface area contributed by atoms with Crippen LogP contribution in [0.2, 0.25) is 0 Å². The van der Waals surface area contributed by atoms with Crippen LogP contribution in [0.5, 0.6) is 0 Å². The van der Waals surface area contributed by atoms with Crippen LogP contribution in [-0.4, -0.2) is 15.0 Å². The lowest BCUT2D eigenvalue weighted by molar-refractivity contribution is 0.566. The van der Waals surface area contributed by atoms with E-state index in [0.29, 0.717) is 0 Å². The fourth-order valence-corrected chi connectivity index (χ4v) is 3.12. The molecule has 76 valence electrons. The molecule has 0 saturated heterocycles. The van der Waals surface area contributed by atoms with Gasteiger partial charge < -0.3 is 0 Å². The fourth-order valence-electron chi connectivity index (χ4n) is 3.12. The van der Waals surface area contributed by atoms with Gasteiger partial charge in [0.1, 0.15) is 0 Å². The van der Waals surface area contributed by atoms with Crippen molar-refractivity contribution in [2.24, 2.45) is 24.8 Å². The van der Waals surface area contributed by atoms with Crippen LogP contribution in [0.3, 0.4) is 0 Å². The van der Waals surface area contributed by atoms with Crippen molar-refractivity contribution in [1.29, 1.82) is 0 Å². The second-order valence-corrected chi connectivity index (χ2v) is 4.87. The highest BCUT2D eigenvalue weighted by Gasteiger charge is 2.46. The minimum absolute atomic E-state index is 0.970. The molecule has 1 aromatic rings. The molecule has 0 N–H and O–H groups in total. The summed E-state index contributed by atoms with van der Waals surface area (Å²) in [5, 5.41) is 8.36. The van der Waals surface area contributed by atoms with Gasteiger partial charge in [-0.25, -0.2) is 0 Å². The molecule has 3 atom stereocenters. The van der Waals surface area contributed by atoms with E-state index in [1.807, 2.05) is 11.7 Å². The van der Waals surface area contributed by atoms with E-state index in [0.717, 1.165) is 24.2 Å². The first kappa shape index (κ1) is 8.45. The Labute approximate surface area is 84.5 Å². The third-order valence-corrected chi connectivity index (χ3v) is 4.21. The zero-order valence-corrected chi connectivity index (χ0v) is 8.90. The van der Waals surface area contributed by atoms with Crippen molar-refractivity contribution in [1.82, 2.24) is 15.0 Å². The third kappa shape index (κ3) is 1.11. The summed E-state index contributed by atoms with van der Waals surface area (Å²) in [5.41, 5.74) is 2.63. The molecule has 0 radical (unpaired) electrons. The van der Waals surface area contributed by atoms with Gasteiger partial charge in [-0.3, -0.25) is 4.68 Å². The molecule has 1 aromatic heterocycles. The molecular formula is C11H17N3. The summed E-state index contributed by atoms with van der Waals surface area (Å²) in [7, 11) is 2.02. The van der Waals surface area contributed by atoms with Crippen LogP contribution >= 0.6 is 0 Å². The zero-order chi connectivity index (χ0) is 9.71. The maximum atomic E-state index is 4.25. The summed E-state index contributed by atoms with van der Waals surface area (Å²) in [4.78, 5) is 0. The molecule has 0 aromatic carbocycles. The average Bonchev–Trinajstić information content (AvgIpc) is 2.58. The number of hydrogen-bond donors (Lipinski definition) is 0. The maximum Gasteiger partial charge on any atom is 0.0859 e. The van der Waals surface area contributed by atoms with Crippen molar-refractivity contribution in [3.63, 3.8) is 0 Å². The summed E-state index contributed by atoms with van der Waals surface area (Å²) in [6.07, 6.45) is 5.01. The standard InChI is InChI=1S/C11H17N3/c1-7-8-3-5-10-11(6-4-9(7)8)14(2)13-12-10/h7-9H,3-6H2,1-2H3/t7?,8-,9+/m0/s1. The minimum Gasteiger partial charge on any atom is -0.252 e. The lowest BCUT2D eigenvalue weighted by Gasteiger charge is -2.07. The highest BCUT2D eigenvalue weighted by atomic mass is 15.4. The molecule has 2 aliphatic rings. The first-order valence-electron chi connectivity index (χ1n) is 5.65. The van der Waals surface area contributed by atoms with Gasteiger partial charge in [0, 0.05) is 7.05 Å². The molecule has 1 fully saturated rings. The summed E-state index contributed by atoms with van der Waals surface area (Å²) >= 11 is 0. The average molecular weight is 191 g/mol. The van der Waals surface area contributed by atoms with Gasteiger partial charge >= 0.3 is 0 Å². The molecule has 0 amide bonds. The van der Waals surface area contributed by atoms with Crippen molar-refractivity contribution in [3.05, 3.63) is 11.4 Å². The van der Waals surface area contributed by atoms with Crippen molar-refractivity contribution >= 4 is 0 Å². The van der Waals surface area contributed by atoms with Crippen molar-refractivity contribution < 1.29 is 0 Å². The van der Waals surface area contributed by atoms with E-state index in [1.54, 1.807) is 0 Å². The number of nitrogens with zero attached hydrogens (tertiary/aromatic N) is 3. The van der Waals surface area contributed by atoms with Gasteiger partial charge in [0.15, 0.2) is 0 Å². The summed E-state index contributed by atoms with van der Waals surface area (Å²) < 4.78 is 1.96. The number of aromatic nitrogens is 3. The zero-order valence-electron chi connectivity index (χ0n) is 8.90. The molecule has 1 heterocycles. The van der Waals surface area contributed by atoms with E-state index in [4.69, 9.17) is 0 Å². The van der Waals surface area contributed by atoms with E-state index >= 15 is 0 Å². The molecule has 1 unspecified atom stereocenters. The van der Waals surface area contributed by atoms with Gasteiger partial charge in [-0.2, -0.15) is 0 Å². The number of aryl methyl sites for hydroxylation is 2. The largest absolute Gasteiger partial charge is 0.252 e. The highest BCUT2D eigenvalue weighted by Crippen LogP contribution is 2.52. The van der Waals surface area contributed by atoms with Gasteiger partial charge in [0.25, 0.3) is 0 Å². The molecule has 0 bridgehead atoms. The molecule has 1 saturated carbocycles. The Morgan fingerprint density at radius 1 is 1.21 bits per heavy atom. The maximum absolute atomic E-state index is 4.25. The van der Waals surface area contributed by atoms with Crippen molar-refractivity contribution in [2.75, 3.05) is 0 Å². The first-order chi connectivity index (χ1) is 6.77. The van der Waals surface area contributed by atoms with Crippen LogP contribution in [-0.2, 0) is 19.9 Å². The first-order valence-corrected chi connectivity index (χ1v) is 5.65. The fraction of sp³-hybridized carbons (Fsp3) is 0.818. The van der Waals surface area contributed by atoms with Crippen molar-refractivity contribution in [3.8, 4) is 0 Å². The predicted octanol–water partition coefficient (Wildman–Crippen LogP) is 1.58. The van der Waals surface area contributed by atoms with Crippen molar-refractivity contribution in [2.45, 2.75) is 32.6 Å². The molecule has 14 heavy (non-hydrogen) atoms. The second kappa shape index (κ2) is 2.81. The van der Waals surface area contributed by atoms with Crippen LogP contribution in [0, 0.1) is 17.8 Å².